The minimum Gasteiger partial charge on any atom is -0.402 e. The molecule has 1 amide bonds. The number of nitrogens with zero attached hydrogens (tertiary/aromatic N) is 2. The highest BCUT2D eigenvalue weighted by molar-refractivity contribution is 6.42. The van der Waals surface area contributed by atoms with Gasteiger partial charge in [0.25, 0.3) is 5.91 Å². The molecule has 0 spiro atoms. The summed E-state index contributed by atoms with van der Waals surface area (Å²) in [5, 5.41) is 7.52. The molecule has 2 aliphatic rings. The van der Waals surface area contributed by atoms with Gasteiger partial charge in [-0.15, -0.1) is 0 Å². The van der Waals surface area contributed by atoms with Gasteiger partial charge in [-0.25, -0.2) is 4.68 Å². The fourth-order valence-electron chi connectivity index (χ4n) is 4.26. The van der Waals surface area contributed by atoms with Crippen molar-refractivity contribution in [3.8, 4) is 5.69 Å². The van der Waals surface area contributed by atoms with Gasteiger partial charge in [0, 0.05) is 22.5 Å². The molecule has 0 aliphatic heterocycles. The SMILES string of the molecule is Cc1ccccc1-n1ncc2c1CCCC2NC(=O)C(=O)C1=C(N)CCCC1. The zero-order valence-corrected chi connectivity index (χ0v) is 16.2. The van der Waals surface area contributed by atoms with Gasteiger partial charge in [0.15, 0.2) is 0 Å². The highest BCUT2D eigenvalue weighted by Crippen LogP contribution is 2.32. The number of hydrogen-bond donors (Lipinski definition) is 2. The van der Waals surface area contributed by atoms with Gasteiger partial charge >= 0.3 is 0 Å². The number of nitrogens with two attached hydrogens (primary N) is 1. The Morgan fingerprint density at radius 3 is 2.71 bits per heavy atom. The van der Waals surface area contributed by atoms with E-state index in [9.17, 15) is 9.59 Å². The number of para-hydroxylation sites is 1. The van der Waals surface area contributed by atoms with Gasteiger partial charge in [0.1, 0.15) is 0 Å². The Labute approximate surface area is 164 Å². The number of rotatable bonds is 4. The van der Waals surface area contributed by atoms with Crippen molar-refractivity contribution in [2.45, 2.75) is 57.9 Å². The van der Waals surface area contributed by atoms with Gasteiger partial charge in [-0.3, -0.25) is 9.59 Å². The second kappa shape index (κ2) is 7.62. The van der Waals surface area contributed by atoms with Crippen molar-refractivity contribution in [2.24, 2.45) is 5.73 Å². The lowest BCUT2D eigenvalue weighted by Crippen LogP contribution is -2.37. The third kappa shape index (κ3) is 3.35. The lowest BCUT2D eigenvalue weighted by molar-refractivity contribution is -0.136. The first-order valence-corrected chi connectivity index (χ1v) is 10.0. The number of fused-ring (bicyclic) bond motifs is 1. The Morgan fingerprint density at radius 1 is 1.14 bits per heavy atom. The molecule has 0 radical (unpaired) electrons. The van der Waals surface area contributed by atoms with Gasteiger partial charge < -0.3 is 11.1 Å². The van der Waals surface area contributed by atoms with Crippen LogP contribution in [-0.4, -0.2) is 21.5 Å². The molecule has 2 aromatic rings. The van der Waals surface area contributed by atoms with E-state index in [1.807, 2.05) is 29.1 Å². The number of carbonyl (C=O) groups is 2. The minimum absolute atomic E-state index is 0.191. The summed E-state index contributed by atoms with van der Waals surface area (Å²) in [5.74, 6) is -1.03. The fourth-order valence-corrected chi connectivity index (χ4v) is 4.26. The third-order valence-electron chi connectivity index (χ3n) is 5.82. The number of carbonyl (C=O) groups excluding carboxylic acids is 2. The average molecular weight is 378 g/mol. The van der Waals surface area contributed by atoms with Crippen LogP contribution in [0.1, 0.15) is 61.4 Å². The fraction of sp³-hybridized carbons (Fsp3) is 0.409. The third-order valence-corrected chi connectivity index (χ3v) is 5.82. The number of benzene rings is 1. The molecule has 1 aromatic heterocycles. The van der Waals surface area contributed by atoms with Crippen molar-refractivity contribution in [1.29, 1.82) is 0 Å². The molecule has 28 heavy (non-hydrogen) atoms. The molecule has 1 aromatic carbocycles. The zero-order chi connectivity index (χ0) is 19.7. The Morgan fingerprint density at radius 2 is 1.93 bits per heavy atom. The van der Waals surface area contributed by atoms with E-state index in [-0.39, 0.29) is 6.04 Å². The summed E-state index contributed by atoms with van der Waals surface area (Å²) in [6.07, 6.45) is 7.66. The van der Waals surface area contributed by atoms with Crippen LogP contribution in [-0.2, 0) is 16.0 Å². The van der Waals surface area contributed by atoms with Crippen LogP contribution < -0.4 is 11.1 Å². The van der Waals surface area contributed by atoms with E-state index in [1.165, 1.54) is 0 Å². The van der Waals surface area contributed by atoms with Gasteiger partial charge in [-0.05, 0) is 63.5 Å². The van der Waals surface area contributed by atoms with Crippen LogP contribution in [0.4, 0.5) is 0 Å². The summed E-state index contributed by atoms with van der Waals surface area (Å²) in [6, 6.07) is 7.93. The highest BCUT2D eigenvalue weighted by atomic mass is 16.2. The Balaban J connectivity index is 1.57. The van der Waals surface area contributed by atoms with E-state index in [1.54, 1.807) is 0 Å². The van der Waals surface area contributed by atoms with E-state index < -0.39 is 11.7 Å². The van der Waals surface area contributed by atoms with Gasteiger partial charge in [-0.1, -0.05) is 18.2 Å². The van der Waals surface area contributed by atoms with Gasteiger partial charge in [0.05, 0.1) is 17.9 Å². The summed E-state index contributed by atoms with van der Waals surface area (Å²) in [5.41, 5.74) is 11.3. The topological polar surface area (TPSA) is 90.0 Å². The van der Waals surface area contributed by atoms with Gasteiger partial charge in [0.2, 0.25) is 5.78 Å². The second-order valence-corrected chi connectivity index (χ2v) is 7.70. The van der Waals surface area contributed by atoms with Crippen molar-refractivity contribution < 1.29 is 9.59 Å². The number of allylic oxidation sites excluding steroid dienone is 1. The highest BCUT2D eigenvalue weighted by Gasteiger charge is 2.30. The summed E-state index contributed by atoms with van der Waals surface area (Å²) in [4.78, 5) is 25.2. The second-order valence-electron chi connectivity index (χ2n) is 7.70. The zero-order valence-electron chi connectivity index (χ0n) is 16.2. The molecule has 146 valence electrons. The number of aromatic nitrogens is 2. The number of hydrogen-bond acceptors (Lipinski definition) is 4. The molecule has 6 heteroatoms. The molecule has 0 fully saturated rings. The molecule has 0 saturated carbocycles. The molecule has 3 N–H and O–H groups in total. The Kier molecular flexibility index (Phi) is 5.03. The van der Waals surface area contributed by atoms with Crippen LogP contribution in [0.25, 0.3) is 5.69 Å². The maximum absolute atomic E-state index is 12.6. The predicted octanol–water partition coefficient (Wildman–Crippen LogP) is 3.03. The first-order valence-electron chi connectivity index (χ1n) is 10.0. The Hall–Kier alpha value is -2.89. The van der Waals surface area contributed by atoms with Crippen molar-refractivity contribution in [1.82, 2.24) is 15.1 Å². The molecule has 2 aliphatic carbocycles. The summed E-state index contributed by atoms with van der Waals surface area (Å²) in [7, 11) is 0. The number of nitrogens with one attached hydrogen (secondary N) is 1. The van der Waals surface area contributed by atoms with Crippen molar-refractivity contribution in [2.75, 3.05) is 0 Å². The molecule has 1 heterocycles. The minimum atomic E-state index is -0.554. The van der Waals surface area contributed by atoms with E-state index in [0.29, 0.717) is 24.1 Å². The quantitative estimate of drug-likeness (QED) is 0.800. The van der Waals surface area contributed by atoms with Crippen LogP contribution in [0, 0.1) is 6.92 Å². The predicted molar refractivity (Wildman–Crippen MR) is 107 cm³/mol. The molecule has 4 rings (SSSR count). The van der Waals surface area contributed by atoms with Gasteiger partial charge in [-0.2, -0.15) is 5.10 Å². The molecule has 1 unspecified atom stereocenters. The van der Waals surface area contributed by atoms with E-state index >= 15 is 0 Å². The van der Waals surface area contributed by atoms with E-state index in [2.05, 4.69) is 23.4 Å². The van der Waals surface area contributed by atoms with Crippen molar-refractivity contribution in [3.05, 3.63) is 58.6 Å². The first kappa shape index (κ1) is 18.5. The number of Topliss-reactive ketones (excluding diaryl/α,β-unsaturated/α-hetero) is 1. The van der Waals surface area contributed by atoms with E-state index in [4.69, 9.17) is 5.73 Å². The van der Waals surface area contributed by atoms with Crippen LogP contribution in [0.2, 0.25) is 0 Å². The molecule has 0 saturated heterocycles. The number of ketones is 1. The molecule has 1 atom stereocenters. The van der Waals surface area contributed by atoms with Crippen LogP contribution >= 0.6 is 0 Å². The molecule has 6 nitrogen and oxygen atoms in total. The molecular formula is C22H26N4O2. The normalized spacial score (nSPS) is 19.2. The summed E-state index contributed by atoms with van der Waals surface area (Å²) in [6.45, 7) is 2.06. The molecule has 0 bridgehead atoms. The average Bonchev–Trinajstić information content (AvgIpc) is 3.13. The smallest absolute Gasteiger partial charge is 0.292 e. The van der Waals surface area contributed by atoms with Crippen LogP contribution in [0.15, 0.2) is 41.7 Å². The lowest BCUT2D eigenvalue weighted by atomic mass is 9.91. The lowest BCUT2D eigenvalue weighted by Gasteiger charge is -2.25. The van der Waals surface area contributed by atoms with Crippen LogP contribution in [0.3, 0.4) is 0 Å². The number of amides is 1. The summed E-state index contributed by atoms with van der Waals surface area (Å²) < 4.78 is 1.96. The van der Waals surface area contributed by atoms with Crippen LogP contribution in [0.5, 0.6) is 0 Å². The monoisotopic (exact) mass is 378 g/mol. The number of aryl methyl sites for hydroxylation is 1. The Bertz CT molecular complexity index is 957. The largest absolute Gasteiger partial charge is 0.402 e. The van der Waals surface area contributed by atoms with E-state index in [0.717, 1.165) is 54.6 Å². The molecular weight excluding hydrogens is 352 g/mol. The summed E-state index contributed by atoms with van der Waals surface area (Å²) >= 11 is 0. The van der Waals surface area contributed by atoms with Crippen molar-refractivity contribution in [3.63, 3.8) is 0 Å². The maximum atomic E-state index is 12.6. The standard InChI is InChI=1S/C22H26N4O2/c1-14-7-2-5-11-19(14)26-20-12-6-10-18(16(20)13-24-26)25-22(28)21(27)15-8-3-4-9-17(15)23/h2,5,7,11,13,18H,3-4,6,8-10,12,23H2,1H3,(H,25,28). The van der Waals surface area contributed by atoms with Crippen molar-refractivity contribution >= 4 is 11.7 Å². The first-order chi connectivity index (χ1) is 13.6. The maximum Gasteiger partial charge on any atom is 0.292 e.